The maximum atomic E-state index is 13.4. The standard InChI is InChI=1S/C17H20FNO4/c1-9-7-11-8-12(18)3-4-13(11)10(2)19(9)16(20)14-5-6-15(23-14)17(21)22/h3-4,8-10,14-15H,5-7H2,1-2H3,(H,21,22)/t9?,10?,14-,15+/m0/s1. The third-order valence-electron chi connectivity index (χ3n) is 4.79. The number of ether oxygens (including phenoxy) is 1. The first-order valence-corrected chi connectivity index (χ1v) is 7.87. The highest BCUT2D eigenvalue weighted by atomic mass is 19.1. The van der Waals surface area contributed by atoms with Crippen molar-refractivity contribution in [3.63, 3.8) is 0 Å². The highest BCUT2D eigenvalue weighted by molar-refractivity contribution is 5.83. The summed E-state index contributed by atoms with van der Waals surface area (Å²) in [6.45, 7) is 3.83. The summed E-state index contributed by atoms with van der Waals surface area (Å²) < 4.78 is 18.8. The van der Waals surface area contributed by atoms with Crippen molar-refractivity contribution in [2.75, 3.05) is 0 Å². The second-order valence-electron chi connectivity index (χ2n) is 6.35. The van der Waals surface area contributed by atoms with Crippen LogP contribution in [0.2, 0.25) is 0 Å². The molecule has 1 aromatic rings. The molecule has 1 fully saturated rings. The molecule has 2 heterocycles. The average Bonchev–Trinajstić information content (AvgIpc) is 2.96. The smallest absolute Gasteiger partial charge is 0.332 e. The third-order valence-corrected chi connectivity index (χ3v) is 4.79. The summed E-state index contributed by atoms with van der Waals surface area (Å²) >= 11 is 0. The Morgan fingerprint density at radius 3 is 2.61 bits per heavy atom. The van der Waals surface area contributed by atoms with E-state index in [9.17, 15) is 14.0 Å². The van der Waals surface area contributed by atoms with Gasteiger partial charge in [-0.15, -0.1) is 0 Å². The molecule has 3 rings (SSSR count). The molecule has 5 nitrogen and oxygen atoms in total. The number of carbonyl (C=O) groups excluding carboxylic acids is 1. The van der Waals surface area contributed by atoms with Crippen LogP contribution in [0.5, 0.6) is 0 Å². The highest BCUT2D eigenvalue weighted by Crippen LogP contribution is 2.35. The molecule has 1 aromatic carbocycles. The molecule has 1 saturated heterocycles. The maximum Gasteiger partial charge on any atom is 0.332 e. The summed E-state index contributed by atoms with van der Waals surface area (Å²) in [5.74, 6) is -1.48. The van der Waals surface area contributed by atoms with E-state index in [1.54, 1.807) is 11.0 Å². The number of hydrogen-bond donors (Lipinski definition) is 1. The van der Waals surface area contributed by atoms with Crippen molar-refractivity contribution in [1.82, 2.24) is 4.90 Å². The minimum atomic E-state index is -1.03. The summed E-state index contributed by atoms with van der Waals surface area (Å²) in [7, 11) is 0. The van der Waals surface area contributed by atoms with E-state index in [4.69, 9.17) is 9.84 Å². The number of benzene rings is 1. The fraction of sp³-hybridized carbons (Fsp3) is 0.529. The molecule has 1 N–H and O–H groups in total. The number of aliphatic carboxylic acids is 1. The molecule has 2 aliphatic heterocycles. The van der Waals surface area contributed by atoms with Gasteiger partial charge in [-0.1, -0.05) is 6.07 Å². The van der Waals surface area contributed by atoms with Gasteiger partial charge in [0.2, 0.25) is 0 Å². The molecule has 6 heteroatoms. The van der Waals surface area contributed by atoms with Gasteiger partial charge in [0.25, 0.3) is 5.91 Å². The number of fused-ring (bicyclic) bond motifs is 1. The van der Waals surface area contributed by atoms with E-state index < -0.39 is 18.2 Å². The maximum absolute atomic E-state index is 13.4. The van der Waals surface area contributed by atoms with Crippen molar-refractivity contribution < 1.29 is 23.8 Å². The van der Waals surface area contributed by atoms with E-state index in [-0.39, 0.29) is 23.8 Å². The zero-order valence-corrected chi connectivity index (χ0v) is 13.2. The van der Waals surface area contributed by atoms with Crippen molar-refractivity contribution >= 4 is 11.9 Å². The first-order valence-electron chi connectivity index (χ1n) is 7.87. The number of nitrogens with zero attached hydrogens (tertiary/aromatic N) is 1. The SMILES string of the molecule is CC1Cc2cc(F)ccc2C(C)N1C(=O)[C@@H]1CC[C@H](C(=O)O)O1. The molecule has 0 saturated carbocycles. The molecular formula is C17H20FNO4. The molecular weight excluding hydrogens is 301 g/mol. The van der Waals surface area contributed by atoms with Crippen LogP contribution < -0.4 is 0 Å². The first-order chi connectivity index (χ1) is 10.9. The molecule has 0 aromatic heterocycles. The Morgan fingerprint density at radius 2 is 1.96 bits per heavy atom. The number of carbonyl (C=O) groups is 2. The van der Waals surface area contributed by atoms with Crippen molar-refractivity contribution in [2.24, 2.45) is 0 Å². The molecule has 1 amide bonds. The zero-order chi connectivity index (χ0) is 16.7. The Kier molecular flexibility index (Phi) is 4.10. The minimum absolute atomic E-state index is 0.0840. The van der Waals surface area contributed by atoms with Crippen LogP contribution in [0.4, 0.5) is 4.39 Å². The van der Waals surface area contributed by atoms with Crippen LogP contribution in [-0.2, 0) is 20.7 Å². The van der Waals surface area contributed by atoms with Crippen LogP contribution in [0.25, 0.3) is 0 Å². The van der Waals surface area contributed by atoms with Crippen LogP contribution in [0.1, 0.15) is 43.9 Å². The van der Waals surface area contributed by atoms with E-state index in [0.717, 1.165) is 11.1 Å². The van der Waals surface area contributed by atoms with Gasteiger partial charge >= 0.3 is 5.97 Å². The second-order valence-corrected chi connectivity index (χ2v) is 6.35. The van der Waals surface area contributed by atoms with Gasteiger partial charge in [0.05, 0.1) is 6.04 Å². The van der Waals surface area contributed by atoms with Gasteiger partial charge < -0.3 is 14.7 Å². The average molecular weight is 321 g/mol. The predicted molar refractivity (Wildman–Crippen MR) is 80.4 cm³/mol. The largest absolute Gasteiger partial charge is 0.479 e. The monoisotopic (exact) mass is 321 g/mol. The van der Waals surface area contributed by atoms with Crippen molar-refractivity contribution in [2.45, 2.75) is 57.4 Å². The number of hydrogen-bond acceptors (Lipinski definition) is 3. The first kappa shape index (κ1) is 15.9. The summed E-state index contributed by atoms with van der Waals surface area (Å²) in [6, 6.07) is 4.38. The Morgan fingerprint density at radius 1 is 1.26 bits per heavy atom. The lowest BCUT2D eigenvalue weighted by atomic mass is 9.89. The molecule has 0 spiro atoms. The quantitative estimate of drug-likeness (QED) is 0.907. The lowest BCUT2D eigenvalue weighted by Gasteiger charge is -2.41. The molecule has 2 aliphatic rings. The fourth-order valence-corrected chi connectivity index (χ4v) is 3.68. The van der Waals surface area contributed by atoms with Crippen molar-refractivity contribution in [1.29, 1.82) is 0 Å². The normalized spacial score (nSPS) is 30.1. The number of carboxylic acid groups (broad SMARTS) is 1. The Balaban J connectivity index is 1.81. The number of carboxylic acids is 1. The third kappa shape index (κ3) is 2.83. The van der Waals surface area contributed by atoms with Crippen LogP contribution >= 0.6 is 0 Å². The Labute approximate surface area is 134 Å². The summed E-state index contributed by atoms with van der Waals surface area (Å²) in [5.41, 5.74) is 1.86. The fourth-order valence-electron chi connectivity index (χ4n) is 3.68. The number of rotatable bonds is 2. The molecule has 23 heavy (non-hydrogen) atoms. The van der Waals surface area contributed by atoms with E-state index in [1.807, 2.05) is 13.8 Å². The van der Waals surface area contributed by atoms with Crippen LogP contribution in [0.3, 0.4) is 0 Å². The Bertz CT molecular complexity index is 647. The zero-order valence-electron chi connectivity index (χ0n) is 13.2. The highest BCUT2D eigenvalue weighted by Gasteiger charge is 2.41. The lowest BCUT2D eigenvalue weighted by molar-refractivity contribution is -0.157. The van der Waals surface area contributed by atoms with E-state index in [0.29, 0.717) is 19.3 Å². The number of halogens is 1. The van der Waals surface area contributed by atoms with Gasteiger partial charge in [0, 0.05) is 6.04 Å². The van der Waals surface area contributed by atoms with Gasteiger partial charge in [-0.3, -0.25) is 4.79 Å². The summed E-state index contributed by atoms with van der Waals surface area (Å²) in [6.07, 6.45) is -0.256. The van der Waals surface area contributed by atoms with Crippen LogP contribution in [-0.4, -0.2) is 40.1 Å². The summed E-state index contributed by atoms with van der Waals surface area (Å²) in [4.78, 5) is 25.5. The minimum Gasteiger partial charge on any atom is -0.479 e. The van der Waals surface area contributed by atoms with Gasteiger partial charge in [-0.25, -0.2) is 9.18 Å². The van der Waals surface area contributed by atoms with Crippen LogP contribution in [0.15, 0.2) is 18.2 Å². The lowest BCUT2D eigenvalue weighted by Crippen LogP contribution is -2.49. The summed E-state index contributed by atoms with van der Waals surface area (Å²) in [5, 5.41) is 9.00. The predicted octanol–water partition coefficient (Wildman–Crippen LogP) is 2.29. The molecule has 2 unspecified atom stereocenters. The van der Waals surface area contributed by atoms with Crippen molar-refractivity contribution in [3.05, 3.63) is 35.1 Å². The van der Waals surface area contributed by atoms with Gasteiger partial charge in [-0.05, 0) is 56.4 Å². The van der Waals surface area contributed by atoms with E-state index in [2.05, 4.69) is 0 Å². The van der Waals surface area contributed by atoms with Crippen LogP contribution in [0, 0.1) is 5.82 Å². The van der Waals surface area contributed by atoms with Gasteiger partial charge in [-0.2, -0.15) is 0 Å². The molecule has 0 aliphatic carbocycles. The topological polar surface area (TPSA) is 66.8 Å². The number of amides is 1. The molecule has 4 atom stereocenters. The molecule has 0 bridgehead atoms. The molecule has 0 radical (unpaired) electrons. The van der Waals surface area contributed by atoms with E-state index >= 15 is 0 Å². The Hall–Kier alpha value is -1.95. The molecule has 124 valence electrons. The van der Waals surface area contributed by atoms with Gasteiger partial charge in [0.15, 0.2) is 6.10 Å². The van der Waals surface area contributed by atoms with Crippen molar-refractivity contribution in [3.8, 4) is 0 Å². The van der Waals surface area contributed by atoms with Gasteiger partial charge in [0.1, 0.15) is 11.9 Å². The van der Waals surface area contributed by atoms with E-state index in [1.165, 1.54) is 12.1 Å². The second kappa shape index (κ2) is 5.92.